The molecule has 24 heavy (non-hydrogen) atoms. The number of aliphatic hydroxyl groups excluding tert-OH is 1. The number of thioether (sulfide) groups is 1. The van der Waals surface area contributed by atoms with Crippen LogP contribution in [0.3, 0.4) is 0 Å². The number of hydrogen-bond donors (Lipinski definition) is 1. The number of aliphatic hydroxyl groups is 1. The lowest BCUT2D eigenvalue weighted by Gasteiger charge is -2.13. The molecule has 0 aliphatic rings. The fraction of sp³-hybridized carbons (Fsp3) is 0.294. The van der Waals surface area contributed by atoms with Gasteiger partial charge in [0.1, 0.15) is 12.4 Å². The monoisotopic (exact) mass is 357 g/mol. The molecule has 1 radical (unpaired) electrons. The molecule has 3 nitrogen and oxygen atoms in total. The van der Waals surface area contributed by atoms with Crippen molar-refractivity contribution in [3.63, 3.8) is 0 Å². The van der Waals surface area contributed by atoms with Crippen LogP contribution < -0.4 is 4.74 Å². The number of ether oxygens (including phenoxy) is 1. The fourth-order valence-corrected chi connectivity index (χ4v) is 2.79. The van der Waals surface area contributed by atoms with Gasteiger partial charge in [-0.1, -0.05) is 0 Å². The number of hydrogen-bond acceptors (Lipinski definition) is 3. The van der Waals surface area contributed by atoms with Gasteiger partial charge in [0.2, 0.25) is 0 Å². The second-order valence-electron chi connectivity index (χ2n) is 5.23. The lowest BCUT2D eigenvalue weighted by molar-refractivity contribution is -0.137. The van der Waals surface area contributed by atoms with Gasteiger partial charge in [-0.25, -0.2) is 0 Å². The van der Waals surface area contributed by atoms with Gasteiger partial charge in [0.25, 0.3) is 0 Å². The minimum Gasteiger partial charge on any atom is -0.491 e. The van der Waals surface area contributed by atoms with Gasteiger partial charge in [0.05, 0.1) is 11.7 Å². The Kier molecular flexibility index (Phi) is 6.01. The van der Waals surface area contributed by atoms with Gasteiger partial charge in [-0.3, -0.25) is 5.11 Å². The number of benzene rings is 2. The second kappa shape index (κ2) is 7.81. The van der Waals surface area contributed by atoms with Gasteiger partial charge in [-0.05, 0) is 55.0 Å². The van der Waals surface area contributed by atoms with Crippen LogP contribution in [-0.2, 0) is 11.3 Å². The molecule has 0 amide bonds. The molecule has 0 unspecified atom stereocenters. The predicted octanol–water partition coefficient (Wildman–Crippen LogP) is 4.69. The van der Waals surface area contributed by atoms with E-state index in [4.69, 9.17) is 4.74 Å². The second-order valence-corrected chi connectivity index (χ2v) is 6.32. The molecule has 0 aliphatic carbocycles. The molecule has 0 fully saturated rings. The molecule has 0 heterocycles. The third kappa shape index (κ3) is 5.35. The van der Waals surface area contributed by atoms with E-state index in [1.165, 1.54) is 30.0 Å². The largest absolute Gasteiger partial charge is 0.491 e. The van der Waals surface area contributed by atoms with Crippen molar-refractivity contribution in [3.8, 4) is 11.5 Å². The van der Waals surface area contributed by atoms with E-state index in [1.807, 2.05) is 0 Å². The summed E-state index contributed by atoms with van der Waals surface area (Å²) in [7, 11) is 0. The van der Waals surface area contributed by atoms with Crippen molar-refractivity contribution in [2.75, 3.05) is 12.4 Å². The summed E-state index contributed by atoms with van der Waals surface area (Å²) in [5.74, 6) is 0.572. The topological polar surface area (TPSA) is 49.4 Å². The van der Waals surface area contributed by atoms with Crippen LogP contribution in [0.15, 0.2) is 47.4 Å². The van der Waals surface area contributed by atoms with Crippen LogP contribution in [-0.4, -0.2) is 23.6 Å². The normalized spacial score (nSPS) is 12.9. The first-order valence-corrected chi connectivity index (χ1v) is 8.13. The highest BCUT2D eigenvalue weighted by Crippen LogP contribution is 2.30. The van der Waals surface area contributed by atoms with Crippen LogP contribution in [0.1, 0.15) is 11.1 Å². The van der Waals surface area contributed by atoms with E-state index in [-0.39, 0.29) is 18.1 Å². The zero-order valence-electron chi connectivity index (χ0n) is 12.8. The summed E-state index contributed by atoms with van der Waals surface area (Å²) >= 11 is 1.37. The van der Waals surface area contributed by atoms with E-state index in [0.717, 1.165) is 17.0 Å². The summed E-state index contributed by atoms with van der Waals surface area (Å²) in [5, 5.41) is 21.2. The SMILES string of the molecule is Cc1cc(SC[C@@H](O)COc2ccc(C(F)(F)F)cc2)ccc1[O]. The lowest BCUT2D eigenvalue weighted by atomic mass is 10.2. The Morgan fingerprint density at radius 3 is 2.42 bits per heavy atom. The molecular formula is C17H16F3O3S. The maximum absolute atomic E-state index is 12.4. The summed E-state index contributed by atoms with van der Waals surface area (Å²) < 4.78 is 42.6. The zero-order chi connectivity index (χ0) is 17.7. The van der Waals surface area contributed by atoms with E-state index >= 15 is 0 Å². The van der Waals surface area contributed by atoms with Crippen molar-refractivity contribution in [3.05, 3.63) is 53.6 Å². The molecule has 1 atom stereocenters. The maximum atomic E-state index is 12.4. The Morgan fingerprint density at radius 1 is 1.17 bits per heavy atom. The molecule has 2 aromatic carbocycles. The van der Waals surface area contributed by atoms with E-state index in [1.54, 1.807) is 19.1 Å². The highest BCUT2D eigenvalue weighted by atomic mass is 32.2. The molecule has 0 aliphatic heterocycles. The van der Waals surface area contributed by atoms with E-state index in [2.05, 4.69) is 0 Å². The van der Waals surface area contributed by atoms with Crippen molar-refractivity contribution in [2.24, 2.45) is 0 Å². The Morgan fingerprint density at radius 2 is 1.83 bits per heavy atom. The van der Waals surface area contributed by atoms with Crippen molar-refractivity contribution in [1.82, 2.24) is 0 Å². The molecule has 0 saturated heterocycles. The van der Waals surface area contributed by atoms with Gasteiger partial charge in [0, 0.05) is 10.6 Å². The van der Waals surface area contributed by atoms with Gasteiger partial charge >= 0.3 is 6.18 Å². The van der Waals surface area contributed by atoms with Crippen molar-refractivity contribution in [1.29, 1.82) is 0 Å². The van der Waals surface area contributed by atoms with Crippen LogP contribution >= 0.6 is 11.8 Å². The van der Waals surface area contributed by atoms with Gasteiger partial charge in [-0.15, -0.1) is 11.8 Å². The molecule has 2 aromatic rings. The molecule has 0 saturated carbocycles. The molecule has 129 valence electrons. The van der Waals surface area contributed by atoms with E-state index < -0.39 is 17.8 Å². The summed E-state index contributed by atoms with van der Waals surface area (Å²) in [6, 6.07) is 9.22. The van der Waals surface area contributed by atoms with Gasteiger partial charge in [-0.2, -0.15) is 13.2 Å². The van der Waals surface area contributed by atoms with Crippen LogP contribution in [0.4, 0.5) is 13.2 Å². The number of aryl methyl sites for hydroxylation is 1. The first-order valence-electron chi connectivity index (χ1n) is 7.14. The highest BCUT2D eigenvalue weighted by Gasteiger charge is 2.30. The molecule has 2 rings (SSSR count). The average molecular weight is 357 g/mol. The quantitative estimate of drug-likeness (QED) is 0.763. The smallest absolute Gasteiger partial charge is 0.416 e. The van der Waals surface area contributed by atoms with E-state index in [0.29, 0.717) is 11.3 Å². The van der Waals surface area contributed by atoms with Crippen LogP contribution in [0, 0.1) is 6.92 Å². The Labute approximate surface area is 142 Å². The van der Waals surface area contributed by atoms with Crippen LogP contribution in [0.25, 0.3) is 0 Å². The fourth-order valence-electron chi connectivity index (χ4n) is 1.88. The van der Waals surface area contributed by atoms with Crippen molar-refractivity contribution in [2.45, 2.75) is 24.1 Å². The van der Waals surface area contributed by atoms with E-state index in [9.17, 15) is 23.4 Å². The average Bonchev–Trinajstić information content (AvgIpc) is 2.53. The molecule has 0 bridgehead atoms. The third-order valence-electron chi connectivity index (χ3n) is 3.21. The Bertz CT molecular complexity index is 672. The molecule has 0 spiro atoms. The van der Waals surface area contributed by atoms with Crippen LogP contribution in [0.5, 0.6) is 11.5 Å². The highest BCUT2D eigenvalue weighted by molar-refractivity contribution is 7.99. The standard InChI is InChI=1S/C17H16F3O3S/c1-11-8-15(6-7-16(11)22)24-10-13(21)9-23-14-4-2-12(3-5-14)17(18,19)20/h2-8,13,21H,9-10H2,1H3/t13-/m0/s1. The first-order chi connectivity index (χ1) is 11.3. The molecule has 7 heteroatoms. The molecule has 1 N–H and O–H groups in total. The lowest BCUT2D eigenvalue weighted by Crippen LogP contribution is -2.20. The molecular weight excluding hydrogens is 341 g/mol. The maximum Gasteiger partial charge on any atom is 0.416 e. The third-order valence-corrected chi connectivity index (χ3v) is 4.35. The number of rotatable bonds is 6. The molecule has 0 aromatic heterocycles. The van der Waals surface area contributed by atoms with Gasteiger partial charge in [0.15, 0.2) is 5.75 Å². The summed E-state index contributed by atoms with van der Waals surface area (Å²) in [6.07, 6.45) is -5.17. The zero-order valence-corrected chi connectivity index (χ0v) is 13.7. The summed E-state index contributed by atoms with van der Waals surface area (Å²) in [5.41, 5.74) is -0.112. The Hall–Kier alpha value is -1.86. The van der Waals surface area contributed by atoms with Crippen molar-refractivity contribution >= 4 is 11.8 Å². The minimum atomic E-state index is -4.38. The predicted molar refractivity (Wildman–Crippen MR) is 85.0 cm³/mol. The Balaban J connectivity index is 1.80. The van der Waals surface area contributed by atoms with Crippen molar-refractivity contribution < 1.29 is 28.1 Å². The summed E-state index contributed by atoms with van der Waals surface area (Å²) in [4.78, 5) is 0.862. The first kappa shape index (κ1) is 18.5. The summed E-state index contributed by atoms with van der Waals surface area (Å²) in [6.45, 7) is 1.69. The number of halogens is 3. The van der Waals surface area contributed by atoms with Gasteiger partial charge < -0.3 is 9.84 Å². The number of alkyl halides is 3. The minimum absolute atomic E-state index is 0.0308. The van der Waals surface area contributed by atoms with Crippen LogP contribution in [0.2, 0.25) is 0 Å².